The van der Waals surface area contributed by atoms with Crippen LogP contribution in [0.1, 0.15) is 52.4 Å². The number of unbranched alkanes of at least 4 members (excludes halogenated alkanes) is 1. The molecule has 1 aliphatic rings. The third kappa shape index (κ3) is 4.22. The first kappa shape index (κ1) is 15.9. The van der Waals surface area contributed by atoms with Crippen molar-refractivity contribution in [3.05, 3.63) is 0 Å². The van der Waals surface area contributed by atoms with Gasteiger partial charge in [-0.15, -0.1) is 0 Å². The fraction of sp³-hybridized carbons (Fsp3) is 1.00. The first-order valence-electron chi connectivity index (χ1n) is 7.67. The molecule has 1 rings (SSSR count). The topological polar surface area (TPSA) is 38.5 Å². The summed E-state index contributed by atoms with van der Waals surface area (Å²) < 4.78 is 5.59. The molecule has 0 aromatic rings. The number of likely N-dealkylation sites (N-methyl/N-ethyl adjacent to an activating group) is 1. The largest absolute Gasteiger partial charge is 0.381 e. The Hall–Kier alpha value is -0.120. The number of nitrogens with zero attached hydrogens (tertiary/aromatic N) is 1. The molecule has 3 nitrogen and oxygen atoms in total. The van der Waals surface area contributed by atoms with E-state index in [0.717, 1.165) is 32.7 Å². The SMILES string of the molecule is CCCCC(CC)(CN)N(C)CC1CCCOC1. The van der Waals surface area contributed by atoms with E-state index in [9.17, 15) is 0 Å². The van der Waals surface area contributed by atoms with Gasteiger partial charge in [-0.25, -0.2) is 0 Å². The Balaban J connectivity index is 2.54. The Bertz CT molecular complexity index is 211. The highest BCUT2D eigenvalue weighted by Gasteiger charge is 2.32. The summed E-state index contributed by atoms with van der Waals surface area (Å²) in [6.45, 7) is 8.32. The third-order valence-corrected chi connectivity index (χ3v) is 4.63. The quantitative estimate of drug-likeness (QED) is 0.725. The van der Waals surface area contributed by atoms with Crippen molar-refractivity contribution in [3.8, 4) is 0 Å². The van der Waals surface area contributed by atoms with Crippen molar-refractivity contribution in [2.45, 2.75) is 57.9 Å². The second-order valence-electron chi connectivity index (χ2n) is 5.85. The average molecular weight is 256 g/mol. The van der Waals surface area contributed by atoms with Gasteiger partial charge in [-0.2, -0.15) is 0 Å². The Kier molecular flexibility index (Phi) is 7.20. The first-order valence-corrected chi connectivity index (χ1v) is 7.67. The van der Waals surface area contributed by atoms with Gasteiger partial charge in [0.1, 0.15) is 0 Å². The van der Waals surface area contributed by atoms with Crippen molar-refractivity contribution in [2.75, 3.05) is 33.4 Å². The summed E-state index contributed by atoms with van der Waals surface area (Å²) in [6.07, 6.45) is 7.42. The van der Waals surface area contributed by atoms with Crippen molar-refractivity contribution in [1.29, 1.82) is 0 Å². The van der Waals surface area contributed by atoms with Gasteiger partial charge in [-0.05, 0) is 38.6 Å². The molecule has 0 radical (unpaired) electrons. The van der Waals surface area contributed by atoms with Crippen LogP contribution in [0.25, 0.3) is 0 Å². The van der Waals surface area contributed by atoms with E-state index in [0.29, 0.717) is 5.92 Å². The summed E-state index contributed by atoms with van der Waals surface area (Å²) in [5, 5.41) is 0. The van der Waals surface area contributed by atoms with E-state index in [1.807, 2.05) is 0 Å². The van der Waals surface area contributed by atoms with Crippen LogP contribution in [-0.2, 0) is 4.74 Å². The van der Waals surface area contributed by atoms with Crippen molar-refractivity contribution >= 4 is 0 Å². The third-order valence-electron chi connectivity index (χ3n) is 4.63. The minimum Gasteiger partial charge on any atom is -0.381 e. The molecule has 1 saturated heterocycles. The maximum atomic E-state index is 6.09. The lowest BCUT2D eigenvalue weighted by atomic mass is 9.87. The molecule has 0 spiro atoms. The van der Waals surface area contributed by atoms with Crippen LogP contribution in [0.4, 0.5) is 0 Å². The summed E-state index contributed by atoms with van der Waals surface area (Å²) >= 11 is 0. The second kappa shape index (κ2) is 8.13. The monoisotopic (exact) mass is 256 g/mol. The normalized spacial score (nSPS) is 24.2. The van der Waals surface area contributed by atoms with Crippen LogP contribution in [-0.4, -0.2) is 43.8 Å². The van der Waals surface area contributed by atoms with Crippen molar-refractivity contribution in [1.82, 2.24) is 4.90 Å². The van der Waals surface area contributed by atoms with Crippen LogP contribution in [0.3, 0.4) is 0 Å². The highest BCUT2D eigenvalue weighted by molar-refractivity contribution is 4.90. The van der Waals surface area contributed by atoms with Gasteiger partial charge < -0.3 is 10.5 Å². The van der Waals surface area contributed by atoms with Crippen molar-refractivity contribution < 1.29 is 4.74 Å². The van der Waals surface area contributed by atoms with E-state index in [2.05, 4.69) is 25.8 Å². The van der Waals surface area contributed by atoms with Gasteiger partial charge in [-0.1, -0.05) is 26.7 Å². The molecule has 108 valence electrons. The molecule has 0 aromatic heterocycles. The fourth-order valence-electron chi connectivity index (χ4n) is 3.08. The van der Waals surface area contributed by atoms with Gasteiger partial charge in [0.2, 0.25) is 0 Å². The van der Waals surface area contributed by atoms with Crippen LogP contribution in [0.5, 0.6) is 0 Å². The predicted octanol–water partition coefficient (Wildman–Crippen LogP) is 2.64. The summed E-state index contributed by atoms with van der Waals surface area (Å²) in [5.41, 5.74) is 6.29. The average Bonchev–Trinajstić information content (AvgIpc) is 2.42. The summed E-state index contributed by atoms with van der Waals surface area (Å²) in [4.78, 5) is 2.52. The number of nitrogens with two attached hydrogens (primary N) is 1. The lowest BCUT2D eigenvalue weighted by Gasteiger charge is -2.43. The fourth-order valence-corrected chi connectivity index (χ4v) is 3.08. The van der Waals surface area contributed by atoms with Gasteiger partial charge in [0.05, 0.1) is 6.61 Å². The maximum absolute atomic E-state index is 6.09. The predicted molar refractivity (Wildman–Crippen MR) is 77.8 cm³/mol. The van der Waals surface area contributed by atoms with E-state index < -0.39 is 0 Å². The lowest BCUT2D eigenvalue weighted by Crippen LogP contribution is -2.53. The van der Waals surface area contributed by atoms with Crippen LogP contribution < -0.4 is 5.73 Å². The Labute approximate surface area is 113 Å². The molecule has 2 unspecified atom stereocenters. The van der Waals surface area contributed by atoms with E-state index in [1.165, 1.54) is 32.1 Å². The first-order chi connectivity index (χ1) is 8.68. The van der Waals surface area contributed by atoms with Crippen molar-refractivity contribution in [3.63, 3.8) is 0 Å². The maximum Gasteiger partial charge on any atom is 0.0506 e. The number of ether oxygens (including phenoxy) is 1. The lowest BCUT2D eigenvalue weighted by molar-refractivity contribution is 0.0165. The molecule has 2 N–H and O–H groups in total. The van der Waals surface area contributed by atoms with Gasteiger partial charge >= 0.3 is 0 Å². The van der Waals surface area contributed by atoms with Gasteiger partial charge in [-0.3, -0.25) is 4.90 Å². The Morgan fingerprint density at radius 2 is 2.17 bits per heavy atom. The minimum atomic E-state index is 0.202. The molecule has 3 heteroatoms. The molecule has 2 atom stereocenters. The van der Waals surface area contributed by atoms with Gasteiger partial charge in [0, 0.05) is 25.2 Å². The molecule has 1 aliphatic heterocycles. The van der Waals surface area contributed by atoms with E-state index in [-0.39, 0.29) is 5.54 Å². The van der Waals surface area contributed by atoms with Crippen LogP contribution in [0.2, 0.25) is 0 Å². The van der Waals surface area contributed by atoms with Crippen molar-refractivity contribution in [2.24, 2.45) is 11.7 Å². The molecule has 0 saturated carbocycles. The summed E-state index contributed by atoms with van der Waals surface area (Å²) in [7, 11) is 2.25. The zero-order valence-corrected chi connectivity index (χ0v) is 12.6. The molecule has 1 heterocycles. The zero-order valence-electron chi connectivity index (χ0n) is 12.6. The van der Waals surface area contributed by atoms with E-state index >= 15 is 0 Å². The molecule has 1 fully saturated rings. The van der Waals surface area contributed by atoms with E-state index in [1.54, 1.807) is 0 Å². The number of rotatable bonds is 8. The highest BCUT2D eigenvalue weighted by atomic mass is 16.5. The molecule has 0 amide bonds. The molecular weight excluding hydrogens is 224 g/mol. The number of hydrogen-bond donors (Lipinski definition) is 1. The van der Waals surface area contributed by atoms with Gasteiger partial charge in [0.15, 0.2) is 0 Å². The zero-order chi connectivity index (χ0) is 13.4. The summed E-state index contributed by atoms with van der Waals surface area (Å²) in [5.74, 6) is 0.697. The number of hydrogen-bond acceptors (Lipinski definition) is 3. The molecule has 0 bridgehead atoms. The molecule has 0 aliphatic carbocycles. The van der Waals surface area contributed by atoms with Gasteiger partial charge in [0.25, 0.3) is 0 Å². The van der Waals surface area contributed by atoms with Crippen LogP contribution >= 0.6 is 0 Å². The molecule has 18 heavy (non-hydrogen) atoms. The molecular formula is C15H32N2O. The Morgan fingerprint density at radius 3 is 2.67 bits per heavy atom. The standard InChI is InChI=1S/C15H32N2O/c1-4-6-9-15(5-2,13-16)17(3)11-14-8-7-10-18-12-14/h14H,4-13,16H2,1-3H3. The van der Waals surface area contributed by atoms with Crippen LogP contribution in [0.15, 0.2) is 0 Å². The minimum absolute atomic E-state index is 0.202. The smallest absolute Gasteiger partial charge is 0.0506 e. The molecule has 0 aromatic carbocycles. The second-order valence-corrected chi connectivity index (χ2v) is 5.85. The summed E-state index contributed by atoms with van der Waals surface area (Å²) in [6, 6.07) is 0. The van der Waals surface area contributed by atoms with E-state index in [4.69, 9.17) is 10.5 Å². The van der Waals surface area contributed by atoms with Crippen LogP contribution in [0, 0.1) is 5.92 Å². The highest BCUT2D eigenvalue weighted by Crippen LogP contribution is 2.26. The Morgan fingerprint density at radius 1 is 1.39 bits per heavy atom.